The van der Waals surface area contributed by atoms with E-state index in [1.807, 2.05) is 6.92 Å². The molecule has 0 aliphatic heterocycles. The fraction of sp³-hybridized carbons (Fsp3) is 0.467. The molecule has 0 N–H and O–H groups in total. The molecular formula is C15H18O4. The molecule has 1 aliphatic rings. The maximum Gasteiger partial charge on any atom is 0.339 e. The Morgan fingerprint density at radius 2 is 1.79 bits per heavy atom. The first kappa shape index (κ1) is 13.6. The molecule has 4 nitrogen and oxygen atoms in total. The van der Waals surface area contributed by atoms with Crippen molar-refractivity contribution < 1.29 is 19.1 Å². The second-order valence-corrected chi connectivity index (χ2v) is 4.64. The zero-order chi connectivity index (χ0) is 13.7. The quantitative estimate of drug-likeness (QED) is 0.765. The Hall–Kier alpha value is -1.84. The highest BCUT2D eigenvalue weighted by Crippen LogP contribution is 2.24. The van der Waals surface area contributed by atoms with Gasteiger partial charge in [0.05, 0.1) is 17.7 Å². The lowest BCUT2D eigenvalue weighted by Crippen LogP contribution is -2.26. The van der Waals surface area contributed by atoms with Gasteiger partial charge in [0.2, 0.25) is 0 Å². The van der Waals surface area contributed by atoms with E-state index in [-0.39, 0.29) is 17.2 Å². The third kappa shape index (κ3) is 3.34. The average Bonchev–Trinajstić information content (AvgIpc) is 2.40. The summed E-state index contributed by atoms with van der Waals surface area (Å²) in [7, 11) is 0. The summed E-state index contributed by atoms with van der Waals surface area (Å²) >= 11 is 0. The third-order valence-corrected chi connectivity index (χ3v) is 3.13. The van der Waals surface area contributed by atoms with Gasteiger partial charge in [-0.15, -0.1) is 0 Å². The number of esters is 2. The molecule has 0 radical (unpaired) electrons. The van der Waals surface area contributed by atoms with E-state index in [4.69, 9.17) is 9.47 Å². The SMILES string of the molecule is CCCOC(=O)c1ccccc1C(=O)OC1CCC1. The molecule has 0 bridgehead atoms. The van der Waals surface area contributed by atoms with Crippen LogP contribution in [0.5, 0.6) is 0 Å². The van der Waals surface area contributed by atoms with Crippen LogP contribution in [0, 0.1) is 0 Å². The number of carbonyl (C=O) groups is 2. The Balaban J connectivity index is 2.10. The van der Waals surface area contributed by atoms with Gasteiger partial charge in [-0.2, -0.15) is 0 Å². The maximum atomic E-state index is 12.0. The summed E-state index contributed by atoms with van der Waals surface area (Å²) in [4.78, 5) is 23.9. The van der Waals surface area contributed by atoms with Crippen molar-refractivity contribution >= 4 is 11.9 Å². The molecule has 0 amide bonds. The minimum Gasteiger partial charge on any atom is -0.462 e. The highest BCUT2D eigenvalue weighted by Gasteiger charge is 2.25. The van der Waals surface area contributed by atoms with Gasteiger partial charge < -0.3 is 9.47 Å². The molecule has 1 fully saturated rings. The molecule has 0 heterocycles. The van der Waals surface area contributed by atoms with Crippen LogP contribution >= 0.6 is 0 Å². The maximum absolute atomic E-state index is 12.0. The summed E-state index contributed by atoms with van der Waals surface area (Å²) in [5, 5.41) is 0. The van der Waals surface area contributed by atoms with Crippen molar-refractivity contribution in [1.82, 2.24) is 0 Å². The molecule has 19 heavy (non-hydrogen) atoms. The van der Waals surface area contributed by atoms with Crippen molar-refractivity contribution in [2.24, 2.45) is 0 Å². The first-order valence-electron chi connectivity index (χ1n) is 6.69. The monoisotopic (exact) mass is 262 g/mol. The van der Waals surface area contributed by atoms with Gasteiger partial charge >= 0.3 is 11.9 Å². The molecule has 1 aromatic carbocycles. The number of benzene rings is 1. The molecule has 1 aromatic rings. The van der Waals surface area contributed by atoms with E-state index < -0.39 is 11.9 Å². The number of ether oxygens (including phenoxy) is 2. The minimum atomic E-state index is -0.469. The lowest BCUT2D eigenvalue weighted by molar-refractivity contribution is 0.00850. The van der Waals surface area contributed by atoms with Crippen molar-refractivity contribution in [3.05, 3.63) is 35.4 Å². The van der Waals surface area contributed by atoms with Gasteiger partial charge in [0.25, 0.3) is 0 Å². The van der Waals surface area contributed by atoms with Crippen LogP contribution in [-0.4, -0.2) is 24.6 Å². The number of rotatable bonds is 5. The van der Waals surface area contributed by atoms with Crippen molar-refractivity contribution in [3.8, 4) is 0 Å². The van der Waals surface area contributed by atoms with Crippen LogP contribution in [0.25, 0.3) is 0 Å². The molecule has 0 saturated heterocycles. The summed E-state index contributed by atoms with van der Waals surface area (Å²) in [5.74, 6) is -0.906. The topological polar surface area (TPSA) is 52.6 Å². The molecule has 0 unspecified atom stereocenters. The van der Waals surface area contributed by atoms with E-state index >= 15 is 0 Å². The Bertz CT molecular complexity index is 463. The Morgan fingerprint density at radius 1 is 1.16 bits per heavy atom. The van der Waals surface area contributed by atoms with Crippen LogP contribution in [0.2, 0.25) is 0 Å². The van der Waals surface area contributed by atoms with E-state index in [0.717, 1.165) is 25.7 Å². The molecule has 0 aromatic heterocycles. The summed E-state index contributed by atoms with van der Waals surface area (Å²) < 4.78 is 10.4. The van der Waals surface area contributed by atoms with E-state index in [0.29, 0.717) is 6.61 Å². The molecule has 1 aliphatic carbocycles. The fourth-order valence-corrected chi connectivity index (χ4v) is 1.82. The van der Waals surface area contributed by atoms with Crippen molar-refractivity contribution in [3.63, 3.8) is 0 Å². The Labute approximate surface area is 112 Å². The van der Waals surface area contributed by atoms with Crippen LogP contribution in [0.4, 0.5) is 0 Å². The largest absolute Gasteiger partial charge is 0.462 e. The summed E-state index contributed by atoms with van der Waals surface area (Å²) in [5.41, 5.74) is 0.566. The lowest BCUT2D eigenvalue weighted by Gasteiger charge is -2.25. The van der Waals surface area contributed by atoms with Gasteiger partial charge in [-0.3, -0.25) is 0 Å². The van der Waals surface area contributed by atoms with Crippen molar-refractivity contribution in [2.75, 3.05) is 6.61 Å². The number of hydrogen-bond acceptors (Lipinski definition) is 4. The Kier molecular flexibility index (Phi) is 4.55. The minimum absolute atomic E-state index is 0.00668. The van der Waals surface area contributed by atoms with Gasteiger partial charge in [0.1, 0.15) is 6.10 Å². The van der Waals surface area contributed by atoms with Crippen molar-refractivity contribution in [1.29, 1.82) is 0 Å². The van der Waals surface area contributed by atoms with E-state index in [1.54, 1.807) is 24.3 Å². The number of hydrogen-bond donors (Lipinski definition) is 0. The van der Waals surface area contributed by atoms with E-state index in [9.17, 15) is 9.59 Å². The third-order valence-electron chi connectivity index (χ3n) is 3.13. The van der Waals surface area contributed by atoms with Gasteiger partial charge in [-0.05, 0) is 37.8 Å². The van der Waals surface area contributed by atoms with Crippen molar-refractivity contribution in [2.45, 2.75) is 38.7 Å². The van der Waals surface area contributed by atoms with Gasteiger partial charge in [0.15, 0.2) is 0 Å². The van der Waals surface area contributed by atoms with Gasteiger partial charge in [0, 0.05) is 0 Å². The smallest absolute Gasteiger partial charge is 0.339 e. The highest BCUT2D eigenvalue weighted by atomic mass is 16.5. The first-order valence-corrected chi connectivity index (χ1v) is 6.69. The van der Waals surface area contributed by atoms with Gasteiger partial charge in [-0.1, -0.05) is 19.1 Å². The zero-order valence-corrected chi connectivity index (χ0v) is 11.1. The Morgan fingerprint density at radius 3 is 2.32 bits per heavy atom. The van der Waals surface area contributed by atoms with E-state index in [2.05, 4.69) is 0 Å². The summed E-state index contributed by atoms with van der Waals surface area (Å²) in [6.07, 6.45) is 3.67. The molecule has 0 spiro atoms. The predicted octanol–water partition coefficient (Wildman–Crippen LogP) is 2.96. The summed E-state index contributed by atoms with van der Waals surface area (Å²) in [6, 6.07) is 6.62. The highest BCUT2D eigenvalue weighted by molar-refractivity contribution is 6.03. The standard InChI is InChI=1S/C15H18O4/c1-2-10-18-14(16)12-8-3-4-9-13(12)15(17)19-11-6-5-7-11/h3-4,8-9,11H,2,5-7,10H2,1H3. The van der Waals surface area contributed by atoms with Gasteiger partial charge in [-0.25, -0.2) is 9.59 Å². The van der Waals surface area contributed by atoms with Crippen LogP contribution in [0.1, 0.15) is 53.3 Å². The first-order chi connectivity index (χ1) is 9.22. The molecule has 0 atom stereocenters. The molecule has 102 valence electrons. The van der Waals surface area contributed by atoms with Crippen LogP contribution in [-0.2, 0) is 9.47 Å². The van der Waals surface area contributed by atoms with E-state index in [1.165, 1.54) is 0 Å². The fourth-order valence-electron chi connectivity index (χ4n) is 1.82. The molecule has 2 rings (SSSR count). The lowest BCUT2D eigenvalue weighted by atomic mass is 9.96. The van der Waals surface area contributed by atoms with Crippen LogP contribution in [0.15, 0.2) is 24.3 Å². The van der Waals surface area contributed by atoms with Crippen LogP contribution in [0.3, 0.4) is 0 Å². The zero-order valence-electron chi connectivity index (χ0n) is 11.1. The van der Waals surface area contributed by atoms with Crippen LogP contribution < -0.4 is 0 Å². The second-order valence-electron chi connectivity index (χ2n) is 4.64. The molecule has 1 saturated carbocycles. The molecule has 4 heteroatoms. The average molecular weight is 262 g/mol. The second kappa shape index (κ2) is 6.36. The number of carbonyl (C=O) groups excluding carboxylic acids is 2. The predicted molar refractivity (Wildman–Crippen MR) is 70.1 cm³/mol. The molecular weight excluding hydrogens is 244 g/mol. The normalized spacial score (nSPS) is 14.6. The summed E-state index contributed by atoms with van der Waals surface area (Å²) in [6.45, 7) is 2.27.